The van der Waals surface area contributed by atoms with E-state index in [9.17, 15) is 0 Å². The molecule has 0 heterocycles. The van der Waals surface area contributed by atoms with Crippen LogP contribution in [0.4, 0.5) is 0 Å². The van der Waals surface area contributed by atoms with Gasteiger partial charge in [-0.1, -0.05) is 61.5 Å². The Morgan fingerprint density at radius 3 is 1.59 bits per heavy atom. The highest BCUT2D eigenvalue weighted by molar-refractivity contribution is 5.31. The van der Waals surface area contributed by atoms with Crippen molar-refractivity contribution in [2.45, 2.75) is 13.3 Å². The van der Waals surface area contributed by atoms with Crippen LogP contribution in [0.25, 0.3) is 0 Å². The van der Waals surface area contributed by atoms with Crippen LogP contribution in [0, 0.1) is 0 Å². The molecule has 2 rings (SSSR count). The van der Waals surface area contributed by atoms with Gasteiger partial charge in [0.2, 0.25) is 0 Å². The second kappa shape index (κ2) is 10.4. The van der Waals surface area contributed by atoms with Gasteiger partial charge in [-0.25, -0.2) is 0 Å². The Hall–Kier alpha value is -2.09. The molecule has 0 radical (unpaired) electrons. The summed E-state index contributed by atoms with van der Waals surface area (Å²) < 4.78 is 0. The molecule has 0 aliphatic carbocycles. The van der Waals surface area contributed by atoms with E-state index in [4.69, 9.17) is 9.90 Å². The van der Waals surface area contributed by atoms with Crippen molar-refractivity contribution in [1.82, 2.24) is 0 Å². The van der Waals surface area contributed by atoms with Gasteiger partial charge in [0.1, 0.15) is 12.5 Å². The monoisotopic (exact) mass is 230 g/mol. The normalized spacial score (nSPS) is 8.06. The van der Waals surface area contributed by atoms with Crippen LogP contribution in [0.5, 0.6) is 5.75 Å². The first kappa shape index (κ1) is 14.9. The molecule has 0 unspecified atom stereocenters. The van der Waals surface area contributed by atoms with Crippen LogP contribution in [0.1, 0.15) is 12.5 Å². The zero-order valence-corrected chi connectivity index (χ0v) is 10.0. The molecule has 0 atom stereocenters. The number of aromatic hydroxyl groups is 1. The summed E-state index contributed by atoms with van der Waals surface area (Å²) >= 11 is 0. The lowest BCUT2D eigenvalue weighted by molar-refractivity contribution is -0.0979. The number of benzene rings is 2. The molecule has 0 saturated carbocycles. The summed E-state index contributed by atoms with van der Waals surface area (Å²) in [4.78, 5) is 8.00. The lowest BCUT2D eigenvalue weighted by Gasteiger charge is -1.97. The van der Waals surface area contributed by atoms with Crippen molar-refractivity contribution in [3.63, 3.8) is 0 Å². The third-order valence-corrected chi connectivity index (χ3v) is 2.04. The topological polar surface area (TPSA) is 37.3 Å². The Kier molecular flexibility index (Phi) is 9.15. The van der Waals surface area contributed by atoms with Gasteiger partial charge in [-0.15, -0.1) is 0 Å². The van der Waals surface area contributed by atoms with Crippen molar-refractivity contribution in [2.24, 2.45) is 0 Å². The largest absolute Gasteiger partial charge is 0.508 e. The van der Waals surface area contributed by atoms with E-state index in [1.54, 1.807) is 6.07 Å². The summed E-state index contributed by atoms with van der Waals surface area (Å²) in [6.45, 7) is 4.02. The van der Waals surface area contributed by atoms with Crippen molar-refractivity contribution < 1.29 is 9.90 Å². The lowest BCUT2D eigenvalue weighted by atomic mass is 10.1. The molecule has 2 aromatic rings. The minimum absolute atomic E-state index is 0.403. The van der Waals surface area contributed by atoms with E-state index >= 15 is 0 Å². The Morgan fingerprint density at radius 1 is 0.882 bits per heavy atom. The van der Waals surface area contributed by atoms with E-state index in [-0.39, 0.29) is 0 Å². The molecule has 0 aromatic heterocycles. The average Bonchev–Trinajstić information content (AvgIpc) is 2.44. The van der Waals surface area contributed by atoms with Crippen molar-refractivity contribution >= 4 is 6.79 Å². The number of rotatable bonds is 1. The van der Waals surface area contributed by atoms with Gasteiger partial charge in [0.25, 0.3) is 0 Å². The molecule has 2 aromatic carbocycles. The highest BCUT2D eigenvalue weighted by Gasteiger charge is 1.92. The van der Waals surface area contributed by atoms with Crippen molar-refractivity contribution in [2.75, 3.05) is 0 Å². The number of aryl methyl sites for hydroxylation is 1. The fourth-order valence-electron chi connectivity index (χ4n) is 1.19. The third kappa shape index (κ3) is 6.90. The molecule has 0 saturated heterocycles. The van der Waals surface area contributed by atoms with Crippen molar-refractivity contribution in [3.8, 4) is 5.75 Å². The number of phenols is 1. The van der Waals surface area contributed by atoms with Gasteiger partial charge in [0.05, 0.1) is 0 Å². The maximum atomic E-state index is 9.11. The van der Waals surface area contributed by atoms with Gasteiger partial charge >= 0.3 is 0 Å². The van der Waals surface area contributed by atoms with Crippen LogP contribution in [-0.2, 0) is 11.2 Å². The summed E-state index contributed by atoms with van der Waals surface area (Å²) in [5.41, 5.74) is 1.01. The zero-order chi connectivity index (χ0) is 12.9. The highest BCUT2D eigenvalue weighted by atomic mass is 16.3. The van der Waals surface area contributed by atoms with Crippen LogP contribution in [0.3, 0.4) is 0 Å². The van der Waals surface area contributed by atoms with Crippen molar-refractivity contribution in [3.05, 3.63) is 66.2 Å². The molecule has 90 valence electrons. The fraction of sp³-hybridized carbons (Fsp3) is 0.133. The molecular weight excluding hydrogens is 212 g/mol. The SMILES string of the molecule is C=O.CCc1ccccc1O.c1ccccc1. The first-order valence-corrected chi connectivity index (χ1v) is 5.40. The molecule has 0 bridgehead atoms. The lowest BCUT2D eigenvalue weighted by Crippen LogP contribution is -1.77. The second-order valence-corrected chi connectivity index (χ2v) is 3.14. The predicted molar refractivity (Wildman–Crippen MR) is 71.0 cm³/mol. The number of hydrogen-bond donors (Lipinski definition) is 1. The van der Waals surface area contributed by atoms with E-state index in [0.29, 0.717) is 5.75 Å². The molecule has 2 nitrogen and oxygen atoms in total. The molecule has 0 amide bonds. The Bertz CT molecular complexity index is 358. The first-order chi connectivity index (χ1) is 8.34. The first-order valence-electron chi connectivity index (χ1n) is 5.40. The summed E-state index contributed by atoms with van der Waals surface area (Å²) in [6, 6.07) is 19.4. The van der Waals surface area contributed by atoms with Crippen LogP contribution in [0.2, 0.25) is 0 Å². The third-order valence-electron chi connectivity index (χ3n) is 2.04. The van der Waals surface area contributed by atoms with E-state index in [1.165, 1.54) is 0 Å². The molecule has 0 fully saturated rings. The molecule has 17 heavy (non-hydrogen) atoms. The van der Waals surface area contributed by atoms with E-state index < -0.39 is 0 Å². The quantitative estimate of drug-likeness (QED) is 0.814. The number of carbonyl (C=O) groups excluding carboxylic acids is 1. The maximum Gasteiger partial charge on any atom is 0.118 e. The van der Waals surface area contributed by atoms with E-state index in [1.807, 2.05) is 68.3 Å². The Labute approximate surface area is 103 Å². The van der Waals surface area contributed by atoms with E-state index in [2.05, 4.69) is 0 Å². The second-order valence-electron chi connectivity index (χ2n) is 3.14. The van der Waals surface area contributed by atoms with E-state index in [0.717, 1.165) is 12.0 Å². The minimum Gasteiger partial charge on any atom is -0.508 e. The van der Waals surface area contributed by atoms with Gasteiger partial charge in [0.15, 0.2) is 0 Å². The fourth-order valence-corrected chi connectivity index (χ4v) is 1.19. The smallest absolute Gasteiger partial charge is 0.118 e. The number of hydrogen-bond acceptors (Lipinski definition) is 2. The van der Waals surface area contributed by atoms with Crippen LogP contribution in [0.15, 0.2) is 60.7 Å². The maximum absolute atomic E-state index is 9.11. The summed E-state index contributed by atoms with van der Waals surface area (Å²) in [6.07, 6.45) is 0.896. The van der Waals surface area contributed by atoms with Crippen LogP contribution in [-0.4, -0.2) is 11.9 Å². The zero-order valence-electron chi connectivity index (χ0n) is 10.0. The minimum atomic E-state index is 0.403. The molecule has 0 aliphatic rings. The van der Waals surface area contributed by atoms with Gasteiger partial charge in [-0.2, -0.15) is 0 Å². The van der Waals surface area contributed by atoms with Gasteiger partial charge in [0, 0.05) is 0 Å². The Balaban J connectivity index is 0.000000278. The average molecular weight is 230 g/mol. The van der Waals surface area contributed by atoms with Gasteiger partial charge < -0.3 is 9.90 Å². The number of carbonyl (C=O) groups is 1. The highest BCUT2D eigenvalue weighted by Crippen LogP contribution is 2.14. The number of para-hydroxylation sites is 1. The van der Waals surface area contributed by atoms with Crippen molar-refractivity contribution in [1.29, 1.82) is 0 Å². The number of phenolic OH excluding ortho intramolecular Hbond substituents is 1. The Morgan fingerprint density at radius 2 is 1.29 bits per heavy atom. The van der Waals surface area contributed by atoms with Crippen LogP contribution >= 0.6 is 0 Å². The predicted octanol–water partition coefficient (Wildman–Crippen LogP) is 3.46. The molecule has 1 N–H and O–H groups in total. The summed E-state index contributed by atoms with van der Waals surface area (Å²) in [5, 5.41) is 9.11. The molecule has 0 spiro atoms. The molecular formula is C15H18O2. The van der Waals surface area contributed by atoms with Crippen LogP contribution < -0.4 is 0 Å². The standard InChI is InChI=1S/C8H10O.C6H6.CH2O/c1-2-7-5-3-4-6-8(7)9;1-2-4-6-5-3-1;1-2/h3-6,9H,2H2,1H3;1-6H;1H2. The molecule has 2 heteroatoms. The van der Waals surface area contributed by atoms with Gasteiger partial charge in [-0.3, -0.25) is 0 Å². The molecule has 0 aliphatic heterocycles. The summed E-state index contributed by atoms with van der Waals surface area (Å²) in [7, 11) is 0. The van der Waals surface area contributed by atoms with Gasteiger partial charge in [-0.05, 0) is 18.1 Å². The summed E-state index contributed by atoms with van der Waals surface area (Å²) in [5.74, 6) is 0.403.